The number of hydrogen-bond donors (Lipinski definition) is 0. The first-order chi connectivity index (χ1) is 9.91. The number of aryl methyl sites for hydroxylation is 2. The molecule has 2 aromatic rings. The lowest BCUT2D eigenvalue weighted by Crippen LogP contribution is -2.03. The molecule has 0 spiro atoms. The van der Waals surface area contributed by atoms with Crippen LogP contribution in [0.25, 0.3) is 11.3 Å². The third kappa shape index (κ3) is 1.97. The summed E-state index contributed by atoms with van der Waals surface area (Å²) in [5, 5.41) is 0. The fourth-order valence-electron chi connectivity index (χ4n) is 2.96. The highest BCUT2D eigenvalue weighted by Crippen LogP contribution is 2.46. The lowest BCUT2D eigenvalue weighted by molar-refractivity contribution is 0.173. The number of aromatic nitrogens is 2. The van der Waals surface area contributed by atoms with E-state index in [0.29, 0.717) is 6.79 Å². The Hall–Kier alpha value is -2.10. The summed E-state index contributed by atoms with van der Waals surface area (Å²) in [7, 11) is 0. The van der Waals surface area contributed by atoms with Gasteiger partial charge in [-0.25, -0.2) is 9.97 Å². The molecule has 2 heterocycles. The number of rotatable bonds is 1. The second-order valence-electron chi connectivity index (χ2n) is 5.64. The summed E-state index contributed by atoms with van der Waals surface area (Å²) >= 11 is 0. The van der Waals surface area contributed by atoms with E-state index in [1.54, 1.807) is 0 Å². The second kappa shape index (κ2) is 4.72. The van der Waals surface area contributed by atoms with Gasteiger partial charge in [-0.3, -0.25) is 0 Å². The Morgan fingerprint density at radius 3 is 2.00 bits per heavy atom. The molecule has 1 aliphatic rings. The van der Waals surface area contributed by atoms with Gasteiger partial charge in [-0.05, 0) is 58.2 Å². The van der Waals surface area contributed by atoms with Crippen molar-refractivity contribution in [3.8, 4) is 22.8 Å². The van der Waals surface area contributed by atoms with E-state index in [1.165, 1.54) is 5.56 Å². The van der Waals surface area contributed by atoms with E-state index in [0.717, 1.165) is 51.0 Å². The molecule has 0 bridgehead atoms. The van der Waals surface area contributed by atoms with Crippen LogP contribution in [0.5, 0.6) is 11.5 Å². The highest BCUT2D eigenvalue weighted by atomic mass is 16.7. The van der Waals surface area contributed by atoms with Crippen LogP contribution in [0.15, 0.2) is 0 Å². The third-order valence-corrected chi connectivity index (χ3v) is 4.34. The van der Waals surface area contributed by atoms with Crippen molar-refractivity contribution in [1.82, 2.24) is 9.97 Å². The van der Waals surface area contributed by atoms with Gasteiger partial charge in [0.1, 0.15) is 5.82 Å². The van der Waals surface area contributed by atoms with Gasteiger partial charge < -0.3 is 9.47 Å². The first-order valence-electron chi connectivity index (χ1n) is 7.13. The lowest BCUT2D eigenvalue weighted by Gasteiger charge is -2.17. The number of ether oxygens (including phenoxy) is 2. The number of nitrogens with zero attached hydrogens (tertiary/aromatic N) is 2. The van der Waals surface area contributed by atoms with Crippen LogP contribution in [-0.2, 0) is 0 Å². The summed E-state index contributed by atoms with van der Waals surface area (Å²) in [5.74, 6) is 2.51. The molecule has 0 radical (unpaired) electrons. The van der Waals surface area contributed by atoms with Gasteiger partial charge in [0.2, 0.25) is 6.79 Å². The van der Waals surface area contributed by atoms with Crippen LogP contribution in [0, 0.1) is 41.5 Å². The fourth-order valence-corrected chi connectivity index (χ4v) is 2.96. The largest absolute Gasteiger partial charge is 0.453 e. The standard InChI is InChI=1S/C17H20N2O2/c1-8-9(2)16-17(21-7-20-16)11(4)14(8)15-10(3)12(5)18-13(6)19-15/h7H2,1-6H3. The van der Waals surface area contributed by atoms with Gasteiger partial charge in [-0.2, -0.15) is 0 Å². The molecular formula is C17H20N2O2. The topological polar surface area (TPSA) is 44.2 Å². The first-order valence-corrected chi connectivity index (χ1v) is 7.13. The molecule has 0 saturated heterocycles. The summed E-state index contributed by atoms with van der Waals surface area (Å²) in [6, 6.07) is 0. The molecule has 0 unspecified atom stereocenters. The molecule has 1 aromatic heterocycles. The summed E-state index contributed by atoms with van der Waals surface area (Å²) in [4.78, 5) is 9.13. The average Bonchev–Trinajstić information content (AvgIpc) is 2.91. The van der Waals surface area contributed by atoms with Crippen molar-refractivity contribution in [2.45, 2.75) is 41.5 Å². The summed E-state index contributed by atoms with van der Waals surface area (Å²) in [6.07, 6.45) is 0. The first kappa shape index (κ1) is 13.9. The van der Waals surface area contributed by atoms with Crippen molar-refractivity contribution in [2.24, 2.45) is 0 Å². The zero-order chi connectivity index (χ0) is 15.3. The van der Waals surface area contributed by atoms with Crippen molar-refractivity contribution in [2.75, 3.05) is 6.79 Å². The van der Waals surface area contributed by atoms with Crippen molar-refractivity contribution in [3.63, 3.8) is 0 Å². The van der Waals surface area contributed by atoms with Crippen LogP contribution < -0.4 is 9.47 Å². The Balaban J connectivity index is 2.37. The predicted octanol–water partition coefficient (Wildman–Crippen LogP) is 3.72. The molecule has 0 fully saturated rings. The Bertz CT molecular complexity index is 751. The van der Waals surface area contributed by atoms with Crippen LogP contribution in [0.1, 0.15) is 33.8 Å². The molecular weight excluding hydrogens is 264 g/mol. The van der Waals surface area contributed by atoms with E-state index in [-0.39, 0.29) is 0 Å². The van der Waals surface area contributed by atoms with E-state index < -0.39 is 0 Å². The molecule has 0 saturated carbocycles. The maximum Gasteiger partial charge on any atom is 0.231 e. The van der Waals surface area contributed by atoms with Crippen molar-refractivity contribution in [1.29, 1.82) is 0 Å². The van der Waals surface area contributed by atoms with E-state index in [1.807, 2.05) is 13.8 Å². The van der Waals surface area contributed by atoms with Crippen LogP contribution in [0.3, 0.4) is 0 Å². The summed E-state index contributed by atoms with van der Waals surface area (Å²) in [6.45, 7) is 12.6. The van der Waals surface area contributed by atoms with Gasteiger partial charge in [0, 0.05) is 16.8 Å². The minimum absolute atomic E-state index is 0.292. The van der Waals surface area contributed by atoms with Crippen LogP contribution in [0.4, 0.5) is 0 Å². The Kier molecular flexibility index (Phi) is 3.12. The molecule has 3 rings (SSSR count). The molecule has 4 heteroatoms. The zero-order valence-corrected chi connectivity index (χ0v) is 13.4. The molecule has 110 valence electrons. The van der Waals surface area contributed by atoms with E-state index in [4.69, 9.17) is 9.47 Å². The van der Waals surface area contributed by atoms with Crippen molar-refractivity contribution >= 4 is 0 Å². The van der Waals surface area contributed by atoms with Gasteiger partial charge in [-0.15, -0.1) is 0 Å². The zero-order valence-electron chi connectivity index (χ0n) is 13.4. The molecule has 21 heavy (non-hydrogen) atoms. The van der Waals surface area contributed by atoms with Gasteiger partial charge >= 0.3 is 0 Å². The quantitative estimate of drug-likeness (QED) is 0.800. The SMILES string of the molecule is Cc1nc(C)c(C)c(-c2c(C)c(C)c3c(c2C)OCO3)n1. The summed E-state index contributed by atoms with van der Waals surface area (Å²) < 4.78 is 11.3. The molecule has 0 atom stereocenters. The van der Waals surface area contributed by atoms with Crippen LogP contribution in [-0.4, -0.2) is 16.8 Å². The number of fused-ring (bicyclic) bond motifs is 1. The van der Waals surface area contributed by atoms with Crippen LogP contribution in [0.2, 0.25) is 0 Å². The molecule has 1 aliphatic heterocycles. The summed E-state index contributed by atoms with van der Waals surface area (Å²) in [5.41, 5.74) is 7.68. The molecule has 1 aromatic carbocycles. The highest BCUT2D eigenvalue weighted by molar-refractivity contribution is 5.78. The monoisotopic (exact) mass is 284 g/mol. The molecule has 4 nitrogen and oxygen atoms in total. The van der Waals surface area contributed by atoms with Gasteiger partial charge in [0.15, 0.2) is 11.5 Å². The minimum atomic E-state index is 0.292. The normalized spacial score (nSPS) is 12.9. The van der Waals surface area contributed by atoms with Gasteiger partial charge in [-0.1, -0.05) is 0 Å². The molecule has 0 amide bonds. The number of hydrogen-bond acceptors (Lipinski definition) is 4. The maximum absolute atomic E-state index is 5.66. The van der Waals surface area contributed by atoms with Gasteiger partial charge in [0.05, 0.1) is 5.69 Å². The smallest absolute Gasteiger partial charge is 0.231 e. The molecule has 0 N–H and O–H groups in total. The molecule has 0 aliphatic carbocycles. The van der Waals surface area contributed by atoms with Gasteiger partial charge in [0.25, 0.3) is 0 Å². The maximum atomic E-state index is 5.66. The lowest BCUT2D eigenvalue weighted by atomic mass is 9.92. The minimum Gasteiger partial charge on any atom is -0.453 e. The van der Waals surface area contributed by atoms with E-state index >= 15 is 0 Å². The Morgan fingerprint density at radius 2 is 1.33 bits per heavy atom. The van der Waals surface area contributed by atoms with E-state index in [2.05, 4.69) is 37.7 Å². The van der Waals surface area contributed by atoms with Crippen molar-refractivity contribution in [3.05, 3.63) is 33.8 Å². The number of benzene rings is 1. The van der Waals surface area contributed by atoms with E-state index in [9.17, 15) is 0 Å². The predicted molar refractivity (Wildman–Crippen MR) is 82.0 cm³/mol. The Morgan fingerprint density at radius 1 is 0.714 bits per heavy atom. The second-order valence-corrected chi connectivity index (χ2v) is 5.64. The Labute approximate surface area is 125 Å². The average molecular weight is 284 g/mol. The third-order valence-electron chi connectivity index (χ3n) is 4.34. The fraction of sp³-hybridized carbons (Fsp3) is 0.412. The highest BCUT2D eigenvalue weighted by Gasteiger charge is 2.26. The van der Waals surface area contributed by atoms with Crippen LogP contribution >= 0.6 is 0 Å². The van der Waals surface area contributed by atoms with Crippen molar-refractivity contribution < 1.29 is 9.47 Å².